The molecule has 0 unspecified atom stereocenters. The van der Waals surface area contributed by atoms with Gasteiger partial charge in [-0.1, -0.05) is 35.9 Å². The molecule has 0 amide bonds. The van der Waals surface area contributed by atoms with Gasteiger partial charge in [-0.2, -0.15) is 0 Å². The van der Waals surface area contributed by atoms with Gasteiger partial charge in [0, 0.05) is 12.0 Å². The molecule has 0 saturated heterocycles. The zero-order valence-corrected chi connectivity index (χ0v) is 12.8. The first-order valence-electron chi connectivity index (χ1n) is 7.14. The molecule has 0 spiro atoms. The maximum Gasteiger partial charge on any atom is 0.163 e. The molecule has 104 valence electrons. The lowest BCUT2D eigenvalue weighted by Crippen LogP contribution is -2.05. The van der Waals surface area contributed by atoms with E-state index in [0.717, 1.165) is 17.5 Å². The van der Waals surface area contributed by atoms with Gasteiger partial charge in [0.25, 0.3) is 0 Å². The number of rotatable bonds is 4. The SMILES string of the molecule is Cc1ccc(CCC(=O)c2cc(C)c(C)cc2C)cc1. The number of carbonyl (C=O) groups is 1. The molecule has 0 aliphatic rings. The van der Waals surface area contributed by atoms with Crippen LogP contribution in [0.4, 0.5) is 0 Å². The van der Waals surface area contributed by atoms with Crippen LogP contribution < -0.4 is 0 Å². The van der Waals surface area contributed by atoms with Gasteiger partial charge in [-0.05, 0) is 62.4 Å². The van der Waals surface area contributed by atoms with Gasteiger partial charge in [-0.3, -0.25) is 4.79 Å². The molecule has 2 rings (SSSR count). The molecule has 0 radical (unpaired) electrons. The Hall–Kier alpha value is -1.89. The Morgan fingerprint density at radius 2 is 1.45 bits per heavy atom. The smallest absolute Gasteiger partial charge is 0.163 e. The van der Waals surface area contributed by atoms with Crippen molar-refractivity contribution in [3.8, 4) is 0 Å². The van der Waals surface area contributed by atoms with Gasteiger partial charge in [0.2, 0.25) is 0 Å². The van der Waals surface area contributed by atoms with E-state index in [1.54, 1.807) is 0 Å². The van der Waals surface area contributed by atoms with Crippen LogP contribution in [-0.4, -0.2) is 5.78 Å². The minimum absolute atomic E-state index is 0.242. The number of ketones is 1. The quantitative estimate of drug-likeness (QED) is 0.731. The van der Waals surface area contributed by atoms with E-state index in [0.29, 0.717) is 6.42 Å². The van der Waals surface area contributed by atoms with Gasteiger partial charge in [-0.25, -0.2) is 0 Å². The molecule has 2 aromatic rings. The zero-order valence-electron chi connectivity index (χ0n) is 12.8. The first kappa shape index (κ1) is 14.5. The van der Waals surface area contributed by atoms with Crippen molar-refractivity contribution in [3.05, 3.63) is 69.8 Å². The molecule has 0 saturated carbocycles. The van der Waals surface area contributed by atoms with Crippen LogP contribution in [0.5, 0.6) is 0 Å². The Bertz CT molecular complexity index is 621. The van der Waals surface area contributed by atoms with Crippen LogP contribution in [-0.2, 0) is 6.42 Å². The van der Waals surface area contributed by atoms with Gasteiger partial charge in [0.1, 0.15) is 0 Å². The highest BCUT2D eigenvalue weighted by Gasteiger charge is 2.10. The van der Waals surface area contributed by atoms with Crippen LogP contribution in [0.25, 0.3) is 0 Å². The van der Waals surface area contributed by atoms with E-state index in [1.807, 2.05) is 13.0 Å². The molecule has 0 aliphatic heterocycles. The first-order valence-corrected chi connectivity index (χ1v) is 7.14. The van der Waals surface area contributed by atoms with Crippen LogP contribution in [0.3, 0.4) is 0 Å². The van der Waals surface area contributed by atoms with Gasteiger partial charge < -0.3 is 0 Å². The molecule has 0 aliphatic carbocycles. The number of aryl methyl sites for hydroxylation is 5. The van der Waals surface area contributed by atoms with Crippen LogP contribution >= 0.6 is 0 Å². The number of Topliss-reactive ketones (excluding diaryl/α,β-unsaturated/α-hetero) is 1. The lowest BCUT2D eigenvalue weighted by atomic mass is 9.95. The summed E-state index contributed by atoms with van der Waals surface area (Å²) in [5, 5.41) is 0. The topological polar surface area (TPSA) is 17.1 Å². The molecule has 2 aromatic carbocycles. The third kappa shape index (κ3) is 3.36. The standard InChI is InChI=1S/C19H22O/c1-13-5-7-17(8-6-13)9-10-19(20)18-12-15(3)14(2)11-16(18)4/h5-8,11-12H,9-10H2,1-4H3. The van der Waals surface area contributed by atoms with Crippen molar-refractivity contribution < 1.29 is 4.79 Å². The molecule has 0 fully saturated rings. The molecule has 1 nitrogen and oxygen atoms in total. The van der Waals surface area contributed by atoms with Crippen molar-refractivity contribution in [2.75, 3.05) is 0 Å². The fraction of sp³-hybridized carbons (Fsp3) is 0.316. The average molecular weight is 266 g/mol. The Kier molecular flexibility index (Phi) is 4.39. The molecular formula is C19H22O. The van der Waals surface area contributed by atoms with E-state index in [4.69, 9.17) is 0 Å². The lowest BCUT2D eigenvalue weighted by Gasteiger charge is -2.09. The third-order valence-corrected chi connectivity index (χ3v) is 3.90. The van der Waals surface area contributed by atoms with Crippen LogP contribution in [0.1, 0.15) is 44.6 Å². The van der Waals surface area contributed by atoms with Crippen LogP contribution in [0.2, 0.25) is 0 Å². The van der Waals surface area contributed by atoms with Crippen LogP contribution in [0, 0.1) is 27.7 Å². The molecule has 0 aromatic heterocycles. The normalized spacial score (nSPS) is 10.6. The van der Waals surface area contributed by atoms with Crippen molar-refractivity contribution >= 4 is 5.78 Å². The number of benzene rings is 2. The van der Waals surface area contributed by atoms with E-state index < -0.39 is 0 Å². The number of carbonyl (C=O) groups excluding carboxylic acids is 1. The van der Waals surface area contributed by atoms with Gasteiger partial charge in [0.05, 0.1) is 0 Å². The van der Waals surface area contributed by atoms with E-state index in [-0.39, 0.29) is 5.78 Å². The molecule has 0 N–H and O–H groups in total. The second kappa shape index (κ2) is 6.04. The highest BCUT2D eigenvalue weighted by atomic mass is 16.1. The van der Waals surface area contributed by atoms with Gasteiger partial charge >= 0.3 is 0 Å². The summed E-state index contributed by atoms with van der Waals surface area (Å²) in [5.74, 6) is 0.242. The molecule has 0 atom stereocenters. The summed E-state index contributed by atoms with van der Waals surface area (Å²) in [6.45, 7) is 8.24. The Balaban J connectivity index is 2.09. The molecular weight excluding hydrogens is 244 g/mol. The largest absolute Gasteiger partial charge is 0.294 e. The Morgan fingerprint density at radius 3 is 2.10 bits per heavy atom. The molecule has 20 heavy (non-hydrogen) atoms. The van der Waals surface area contributed by atoms with E-state index >= 15 is 0 Å². The van der Waals surface area contributed by atoms with E-state index in [2.05, 4.69) is 51.1 Å². The predicted molar refractivity (Wildman–Crippen MR) is 84.5 cm³/mol. The predicted octanol–water partition coefficient (Wildman–Crippen LogP) is 4.74. The monoisotopic (exact) mass is 266 g/mol. The summed E-state index contributed by atoms with van der Waals surface area (Å²) < 4.78 is 0. The summed E-state index contributed by atoms with van der Waals surface area (Å²) in [4.78, 5) is 12.4. The zero-order chi connectivity index (χ0) is 14.7. The van der Waals surface area contributed by atoms with Crippen molar-refractivity contribution in [1.29, 1.82) is 0 Å². The Morgan fingerprint density at radius 1 is 0.850 bits per heavy atom. The summed E-state index contributed by atoms with van der Waals surface area (Å²) in [5.41, 5.74) is 6.88. The molecule has 0 heterocycles. The average Bonchev–Trinajstić information content (AvgIpc) is 2.42. The second-order valence-electron chi connectivity index (χ2n) is 5.66. The maximum absolute atomic E-state index is 12.4. The van der Waals surface area contributed by atoms with Crippen molar-refractivity contribution in [2.45, 2.75) is 40.5 Å². The lowest BCUT2D eigenvalue weighted by molar-refractivity contribution is 0.0982. The summed E-state index contributed by atoms with van der Waals surface area (Å²) >= 11 is 0. The molecule has 1 heteroatoms. The fourth-order valence-electron chi connectivity index (χ4n) is 2.41. The summed E-state index contributed by atoms with van der Waals surface area (Å²) in [6, 6.07) is 12.5. The summed E-state index contributed by atoms with van der Waals surface area (Å²) in [7, 11) is 0. The van der Waals surface area contributed by atoms with Crippen LogP contribution in [0.15, 0.2) is 36.4 Å². The van der Waals surface area contributed by atoms with Gasteiger partial charge in [-0.15, -0.1) is 0 Å². The highest BCUT2D eigenvalue weighted by Crippen LogP contribution is 2.18. The van der Waals surface area contributed by atoms with Crippen molar-refractivity contribution in [1.82, 2.24) is 0 Å². The van der Waals surface area contributed by atoms with E-state index in [9.17, 15) is 4.79 Å². The molecule has 0 bridgehead atoms. The number of hydrogen-bond acceptors (Lipinski definition) is 1. The summed E-state index contributed by atoms with van der Waals surface area (Å²) in [6.07, 6.45) is 1.39. The minimum Gasteiger partial charge on any atom is -0.294 e. The van der Waals surface area contributed by atoms with Crippen molar-refractivity contribution in [3.63, 3.8) is 0 Å². The van der Waals surface area contributed by atoms with Gasteiger partial charge in [0.15, 0.2) is 5.78 Å². The fourth-order valence-corrected chi connectivity index (χ4v) is 2.41. The van der Waals surface area contributed by atoms with E-state index in [1.165, 1.54) is 22.3 Å². The maximum atomic E-state index is 12.4. The first-order chi connectivity index (χ1) is 9.47. The highest BCUT2D eigenvalue weighted by molar-refractivity contribution is 5.97. The number of hydrogen-bond donors (Lipinski definition) is 0. The third-order valence-electron chi connectivity index (χ3n) is 3.90. The minimum atomic E-state index is 0.242. The second-order valence-corrected chi connectivity index (χ2v) is 5.66. The Labute approximate surface area is 121 Å². The van der Waals surface area contributed by atoms with Crippen molar-refractivity contribution in [2.24, 2.45) is 0 Å².